The van der Waals surface area contributed by atoms with Gasteiger partial charge in [-0.15, -0.1) is 0 Å². The minimum Gasteiger partial charge on any atom is -0.379 e. The van der Waals surface area contributed by atoms with Gasteiger partial charge in [0.15, 0.2) is 5.60 Å². The van der Waals surface area contributed by atoms with Gasteiger partial charge < -0.3 is 10.4 Å². The highest BCUT2D eigenvalue weighted by Gasteiger charge is 2.63. The van der Waals surface area contributed by atoms with Crippen LogP contribution in [-0.4, -0.2) is 26.9 Å². The van der Waals surface area contributed by atoms with Gasteiger partial charge in [0.2, 0.25) is 0 Å². The molecule has 0 fully saturated rings. The van der Waals surface area contributed by atoms with Gasteiger partial charge in [-0.2, -0.15) is 13.2 Å². The van der Waals surface area contributed by atoms with E-state index in [1.165, 1.54) is 6.07 Å². The number of aromatic nitrogens is 2. The van der Waals surface area contributed by atoms with E-state index in [1.807, 2.05) is 0 Å². The molecule has 0 unspecified atom stereocenters. The van der Waals surface area contributed by atoms with Crippen molar-refractivity contribution in [3.05, 3.63) is 64.6 Å². The van der Waals surface area contributed by atoms with E-state index in [9.17, 15) is 18.3 Å². The van der Waals surface area contributed by atoms with Gasteiger partial charge in [-0.05, 0) is 54.2 Å². The maximum absolute atomic E-state index is 14.2. The summed E-state index contributed by atoms with van der Waals surface area (Å²) in [5, 5.41) is 14.9. The van der Waals surface area contributed by atoms with Crippen molar-refractivity contribution >= 4 is 28.2 Å². The molecular weight excluding hydrogens is 415 g/mol. The predicted molar refractivity (Wildman–Crippen MR) is 111 cm³/mol. The molecule has 8 heteroatoms. The molecule has 2 atom stereocenters. The maximum Gasteiger partial charge on any atom is 0.419 e. The Labute approximate surface area is 177 Å². The minimum absolute atomic E-state index is 0.305. The van der Waals surface area contributed by atoms with Gasteiger partial charge in [0, 0.05) is 22.3 Å². The second kappa shape index (κ2) is 6.82. The third-order valence-corrected chi connectivity index (χ3v) is 6.01. The number of alkyl halides is 3. The Bertz CT molecular complexity index is 1130. The molecular formula is C22H21ClF3N3O. The Kier molecular flexibility index (Phi) is 4.74. The van der Waals surface area contributed by atoms with Gasteiger partial charge in [0.25, 0.3) is 0 Å². The number of nitrogens with zero attached hydrogens (tertiary/aromatic N) is 2. The van der Waals surface area contributed by atoms with Crippen LogP contribution >= 0.6 is 11.6 Å². The Balaban J connectivity index is 1.93. The summed E-state index contributed by atoms with van der Waals surface area (Å²) in [4.78, 5) is 8.51. The van der Waals surface area contributed by atoms with Crippen LogP contribution in [0.15, 0.2) is 42.6 Å². The molecule has 0 saturated heterocycles. The Hall–Kier alpha value is -2.38. The number of aryl methyl sites for hydroxylation is 1. The first-order valence-electron chi connectivity index (χ1n) is 9.50. The molecule has 2 aromatic carbocycles. The number of halogens is 4. The Morgan fingerprint density at radius 2 is 1.93 bits per heavy atom. The summed E-state index contributed by atoms with van der Waals surface area (Å²) in [6, 6.07) is 8.56. The summed E-state index contributed by atoms with van der Waals surface area (Å²) >= 11 is 6.15. The average Bonchev–Trinajstić information content (AvgIpc) is 2.63. The summed E-state index contributed by atoms with van der Waals surface area (Å²) < 4.78 is 42.7. The molecule has 0 saturated carbocycles. The topological polar surface area (TPSA) is 58.0 Å². The fourth-order valence-corrected chi connectivity index (χ4v) is 4.59. The van der Waals surface area contributed by atoms with E-state index < -0.39 is 29.7 Å². The smallest absolute Gasteiger partial charge is 0.379 e. The number of nitrogens with one attached hydrogen (secondary N) is 1. The van der Waals surface area contributed by atoms with E-state index in [0.29, 0.717) is 38.6 Å². The highest BCUT2D eigenvalue weighted by Crippen LogP contribution is 2.54. The molecule has 4 nitrogen and oxygen atoms in total. The third-order valence-electron chi connectivity index (χ3n) is 5.78. The van der Waals surface area contributed by atoms with Gasteiger partial charge in [0.1, 0.15) is 5.82 Å². The molecule has 0 bridgehead atoms. The number of rotatable bonds is 2. The number of anilines is 1. The zero-order chi connectivity index (χ0) is 21.9. The van der Waals surface area contributed by atoms with Gasteiger partial charge >= 0.3 is 6.18 Å². The molecule has 2 N–H and O–H groups in total. The van der Waals surface area contributed by atoms with Crippen molar-refractivity contribution in [2.75, 3.05) is 5.32 Å². The van der Waals surface area contributed by atoms with Gasteiger partial charge in [0.05, 0.1) is 11.6 Å². The fourth-order valence-electron chi connectivity index (χ4n) is 4.41. The molecule has 1 aliphatic rings. The van der Waals surface area contributed by atoms with Crippen LogP contribution in [-0.2, 0) is 5.41 Å². The van der Waals surface area contributed by atoms with E-state index in [1.54, 1.807) is 57.3 Å². The van der Waals surface area contributed by atoms with E-state index in [-0.39, 0.29) is 0 Å². The molecule has 0 aliphatic heterocycles. The number of hydrogen-bond acceptors (Lipinski definition) is 4. The van der Waals surface area contributed by atoms with Crippen molar-refractivity contribution in [2.45, 2.75) is 50.4 Å². The molecule has 1 heterocycles. The van der Waals surface area contributed by atoms with Crippen molar-refractivity contribution in [3.8, 4) is 0 Å². The Morgan fingerprint density at radius 3 is 2.63 bits per heavy atom. The lowest BCUT2D eigenvalue weighted by Crippen LogP contribution is -2.58. The summed E-state index contributed by atoms with van der Waals surface area (Å²) in [5.74, 6) is 0.558. The maximum atomic E-state index is 14.2. The van der Waals surface area contributed by atoms with Crippen molar-refractivity contribution in [2.24, 2.45) is 0 Å². The molecule has 0 radical (unpaired) electrons. The van der Waals surface area contributed by atoms with Crippen LogP contribution in [0.4, 0.5) is 18.9 Å². The van der Waals surface area contributed by atoms with E-state index in [0.717, 1.165) is 0 Å². The quantitative estimate of drug-likeness (QED) is 0.540. The molecule has 1 aliphatic carbocycles. The van der Waals surface area contributed by atoms with Gasteiger partial charge in [-0.1, -0.05) is 37.6 Å². The molecule has 0 amide bonds. The zero-order valence-corrected chi connectivity index (χ0v) is 17.4. The molecule has 1 aromatic heterocycles. The predicted octanol–water partition coefficient (Wildman–Crippen LogP) is 5.72. The first-order chi connectivity index (χ1) is 13.9. The van der Waals surface area contributed by atoms with Crippen molar-refractivity contribution in [3.63, 3.8) is 0 Å². The second-order valence-electron chi connectivity index (χ2n) is 8.45. The number of benzene rings is 2. The van der Waals surface area contributed by atoms with Crippen molar-refractivity contribution < 1.29 is 18.3 Å². The molecule has 158 valence electrons. The van der Waals surface area contributed by atoms with Crippen LogP contribution in [0.2, 0.25) is 5.02 Å². The first-order valence-corrected chi connectivity index (χ1v) is 9.88. The summed E-state index contributed by atoms with van der Waals surface area (Å²) in [6.07, 6.45) is -3.78. The zero-order valence-electron chi connectivity index (χ0n) is 16.7. The standard InChI is InChI=1S/C22H21ClF3N3O/c1-12-27-10-15-17(28-12)5-4-6-18(15)29-19-14-9-13(23)7-8-16(14)20(2,3)11-21(19,30)22(24,25)26/h4-10,19,29-30H,11H2,1-3H3/t19-,21+/m0/s1. The minimum atomic E-state index is -4.86. The monoisotopic (exact) mass is 435 g/mol. The van der Waals surface area contributed by atoms with E-state index in [2.05, 4.69) is 15.3 Å². The highest BCUT2D eigenvalue weighted by molar-refractivity contribution is 6.30. The number of fused-ring (bicyclic) bond motifs is 2. The van der Waals surface area contributed by atoms with Crippen LogP contribution < -0.4 is 5.32 Å². The van der Waals surface area contributed by atoms with Crippen LogP contribution in [0.3, 0.4) is 0 Å². The van der Waals surface area contributed by atoms with Crippen LogP contribution in [0.1, 0.15) is 43.3 Å². The lowest BCUT2D eigenvalue weighted by Gasteiger charge is -2.49. The molecule has 0 spiro atoms. The summed E-state index contributed by atoms with van der Waals surface area (Å²) in [6.45, 7) is 5.13. The van der Waals surface area contributed by atoms with Crippen molar-refractivity contribution in [1.82, 2.24) is 9.97 Å². The largest absolute Gasteiger partial charge is 0.419 e. The number of hydrogen-bond donors (Lipinski definition) is 2. The highest BCUT2D eigenvalue weighted by atomic mass is 35.5. The normalized spacial score (nSPS) is 23.3. The van der Waals surface area contributed by atoms with Gasteiger partial charge in [-0.25, -0.2) is 9.97 Å². The first kappa shape index (κ1) is 20.9. The van der Waals surface area contributed by atoms with E-state index in [4.69, 9.17) is 11.6 Å². The van der Waals surface area contributed by atoms with Crippen LogP contribution in [0, 0.1) is 6.92 Å². The van der Waals surface area contributed by atoms with Crippen molar-refractivity contribution in [1.29, 1.82) is 0 Å². The van der Waals surface area contributed by atoms with Crippen LogP contribution in [0.5, 0.6) is 0 Å². The van der Waals surface area contributed by atoms with Crippen LogP contribution in [0.25, 0.3) is 10.9 Å². The lowest BCUT2D eigenvalue weighted by atomic mass is 9.63. The summed E-state index contributed by atoms with van der Waals surface area (Å²) in [7, 11) is 0. The molecule has 30 heavy (non-hydrogen) atoms. The number of aliphatic hydroxyl groups is 1. The lowest BCUT2D eigenvalue weighted by molar-refractivity contribution is -0.275. The fraction of sp³-hybridized carbons (Fsp3) is 0.364. The van der Waals surface area contributed by atoms with Gasteiger partial charge in [-0.3, -0.25) is 0 Å². The van der Waals surface area contributed by atoms with E-state index >= 15 is 0 Å². The summed E-state index contributed by atoms with van der Waals surface area (Å²) in [5.41, 5.74) is -1.85. The molecule has 3 aromatic rings. The average molecular weight is 436 g/mol. The SMILES string of the molecule is Cc1ncc2c(N[C@H]3c4cc(Cl)ccc4C(C)(C)C[C@]3(O)C(F)(F)F)cccc2n1. The second-order valence-corrected chi connectivity index (χ2v) is 8.88. The third kappa shape index (κ3) is 3.30. The molecule has 4 rings (SSSR count). The Morgan fingerprint density at radius 1 is 1.20 bits per heavy atom.